The van der Waals surface area contributed by atoms with Gasteiger partial charge in [0, 0.05) is 34.2 Å². The number of carbonyl (C=O) groups is 2. The number of alkyl halides is 4. The lowest BCUT2D eigenvalue weighted by Gasteiger charge is -2.24. The van der Waals surface area contributed by atoms with E-state index in [4.69, 9.17) is 17.3 Å². The summed E-state index contributed by atoms with van der Waals surface area (Å²) in [6, 6.07) is 10.9. The number of hydrogen-bond donors (Lipinski definition) is 4. The predicted molar refractivity (Wildman–Crippen MR) is 134 cm³/mol. The lowest BCUT2D eigenvalue weighted by Crippen LogP contribution is -2.34. The molecule has 1 aromatic heterocycles. The number of rotatable bonds is 4. The van der Waals surface area contributed by atoms with Crippen LogP contribution >= 0.6 is 11.6 Å². The number of hydrogen-bond acceptors (Lipinski definition) is 4. The molecule has 0 aliphatic heterocycles. The number of fused-ring (bicyclic) bond motifs is 1. The smallest absolute Gasteiger partial charge is 0.383 e. The Bertz CT molecular complexity index is 1400. The fourth-order valence-corrected chi connectivity index (χ4v) is 4.05. The number of urea groups is 1. The predicted octanol–water partition coefficient (Wildman–Crippen LogP) is 5.74. The van der Waals surface area contributed by atoms with Crippen molar-refractivity contribution in [1.29, 1.82) is 0 Å². The molecular formula is C25H21ClF3N5O2. The van der Waals surface area contributed by atoms with Crippen LogP contribution in [0, 0.1) is 12.8 Å². The SMILES string of the molecule is Cc1ccc(NC(=O)NC2=CC(C(F)(F)F)C(Cl)C=C2)cc1NC(=O)c1cccc2c(N)nccc12. The molecule has 1 aliphatic carbocycles. The maximum absolute atomic E-state index is 13.1. The van der Waals surface area contributed by atoms with E-state index in [0.717, 1.165) is 11.6 Å². The third kappa shape index (κ3) is 5.44. The molecule has 3 amide bonds. The van der Waals surface area contributed by atoms with E-state index in [1.54, 1.807) is 49.4 Å². The number of pyridine rings is 1. The lowest BCUT2D eigenvalue weighted by molar-refractivity contribution is -0.159. The number of allylic oxidation sites excluding steroid dienone is 3. The molecule has 186 valence electrons. The molecule has 0 fully saturated rings. The molecule has 1 aliphatic rings. The van der Waals surface area contributed by atoms with Gasteiger partial charge in [-0.05, 0) is 54.3 Å². The van der Waals surface area contributed by atoms with Gasteiger partial charge in [-0.2, -0.15) is 13.2 Å². The maximum atomic E-state index is 13.1. The number of anilines is 3. The molecule has 0 bridgehead atoms. The molecule has 5 N–H and O–H groups in total. The van der Waals surface area contributed by atoms with Gasteiger partial charge in [-0.1, -0.05) is 24.3 Å². The largest absolute Gasteiger partial charge is 0.396 e. The van der Waals surface area contributed by atoms with Gasteiger partial charge < -0.3 is 21.7 Å². The Morgan fingerprint density at radius 2 is 1.83 bits per heavy atom. The topological polar surface area (TPSA) is 109 Å². The molecule has 2 aromatic carbocycles. The van der Waals surface area contributed by atoms with Gasteiger partial charge in [-0.15, -0.1) is 11.6 Å². The van der Waals surface area contributed by atoms with Crippen molar-refractivity contribution in [3.8, 4) is 0 Å². The summed E-state index contributed by atoms with van der Waals surface area (Å²) in [5, 5.41) is 7.79. The van der Waals surface area contributed by atoms with Gasteiger partial charge in [-0.3, -0.25) is 4.79 Å². The second kappa shape index (κ2) is 9.90. The standard InChI is InChI=1S/C25H21ClF3N5O2/c1-13-5-6-15(33-24(36)32-14-7-8-20(26)19(11-14)25(27,28)29)12-21(13)34-23(35)18-4-2-3-17-16(18)9-10-31-22(17)30/h2-12,19-20H,1H3,(H2,30,31)(H,34,35)(H2,32,33,36). The van der Waals surface area contributed by atoms with Gasteiger partial charge in [0.1, 0.15) is 5.82 Å². The van der Waals surface area contributed by atoms with Crippen LogP contribution in [-0.4, -0.2) is 28.5 Å². The van der Waals surface area contributed by atoms with E-state index in [1.165, 1.54) is 18.3 Å². The average molecular weight is 516 g/mol. The molecule has 2 unspecified atom stereocenters. The third-order valence-corrected chi connectivity index (χ3v) is 6.04. The Morgan fingerprint density at radius 3 is 2.58 bits per heavy atom. The summed E-state index contributed by atoms with van der Waals surface area (Å²) in [4.78, 5) is 29.5. The zero-order valence-corrected chi connectivity index (χ0v) is 19.6. The van der Waals surface area contributed by atoms with Crippen LogP contribution in [0.5, 0.6) is 0 Å². The van der Waals surface area contributed by atoms with Crippen molar-refractivity contribution in [3.63, 3.8) is 0 Å². The fourth-order valence-electron chi connectivity index (χ4n) is 3.76. The molecule has 11 heteroatoms. The fraction of sp³-hybridized carbons (Fsp3) is 0.160. The summed E-state index contributed by atoms with van der Waals surface area (Å²) >= 11 is 5.73. The Balaban J connectivity index is 1.49. The molecule has 0 saturated heterocycles. The molecule has 36 heavy (non-hydrogen) atoms. The second-order valence-electron chi connectivity index (χ2n) is 8.15. The first kappa shape index (κ1) is 25.1. The van der Waals surface area contributed by atoms with Gasteiger partial charge in [0.25, 0.3) is 5.91 Å². The van der Waals surface area contributed by atoms with Crippen LogP contribution in [0.1, 0.15) is 15.9 Å². The van der Waals surface area contributed by atoms with Crippen LogP contribution in [0.4, 0.5) is 35.2 Å². The molecular weight excluding hydrogens is 495 g/mol. The summed E-state index contributed by atoms with van der Waals surface area (Å²) in [7, 11) is 0. The number of nitrogens with two attached hydrogens (primary N) is 1. The van der Waals surface area contributed by atoms with Crippen LogP contribution in [0.15, 0.2) is 72.6 Å². The van der Waals surface area contributed by atoms with E-state index in [0.29, 0.717) is 33.5 Å². The van der Waals surface area contributed by atoms with Crippen LogP contribution in [-0.2, 0) is 0 Å². The lowest BCUT2D eigenvalue weighted by atomic mass is 9.98. The van der Waals surface area contributed by atoms with Crippen molar-refractivity contribution in [2.75, 3.05) is 16.4 Å². The van der Waals surface area contributed by atoms with Crippen molar-refractivity contribution in [2.45, 2.75) is 18.5 Å². The van der Waals surface area contributed by atoms with Crippen molar-refractivity contribution in [1.82, 2.24) is 10.3 Å². The van der Waals surface area contributed by atoms with Crippen molar-refractivity contribution in [2.24, 2.45) is 5.92 Å². The number of nitrogens with zero attached hydrogens (tertiary/aromatic N) is 1. The van der Waals surface area contributed by atoms with E-state index in [1.807, 2.05) is 0 Å². The summed E-state index contributed by atoms with van der Waals surface area (Å²) in [5.41, 5.74) is 7.77. The number of benzene rings is 2. The van der Waals surface area contributed by atoms with Crippen molar-refractivity contribution < 1.29 is 22.8 Å². The maximum Gasteiger partial charge on any atom is 0.396 e. The van der Waals surface area contributed by atoms with Gasteiger partial charge in [-0.25, -0.2) is 9.78 Å². The minimum Gasteiger partial charge on any atom is -0.383 e. The summed E-state index contributed by atoms with van der Waals surface area (Å²) < 4.78 is 39.4. The number of aromatic nitrogens is 1. The van der Waals surface area contributed by atoms with Crippen LogP contribution in [0.25, 0.3) is 10.8 Å². The monoisotopic (exact) mass is 515 g/mol. The van der Waals surface area contributed by atoms with Gasteiger partial charge in [0.2, 0.25) is 0 Å². The van der Waals surface area contributed by atoms with E-state index in [2.05, 4.69) is 20.9 Å². The molecule has 0 spiro atoms. The van der Waals surface area contributed by atoms with E-state index < -0.39 is 23.5 Å². The molecule has 2 atom stereocenters. The number of nitrogen functional groups attached to an aromatic ring is 1. The minimum absolute atomic E-state index is 0.0305. The molecule has 0 radical (unpaired) electrons. The number of amides is 3. The zero-order valence-electron chi connectivity index (χ0n) is 18.9. The van der Waals surface area contributed by atoms with Crippen LogP contribution < -0.4 is 21.7 Å². The summed E-state index contributed by atoms with van der Waals surface area (Å²) in [6.45, 7) is 1.78. The van der Waals surface area contributed by atoms with Crippen molar-refractivity contribution >= 4 is 51.5 Å². The highest BCUT2D eigenvalue weighted by molar-refractivity contribution is 6.22. The quantitative estimate of drug-likeness (QED) is 0.332. The normalized spacial score (nSPS) is 17.4. The van der Waals surface area contributed by atoms with Gasteiger partial charge in [0.05, 0.1) is 11.3 Å². The first-order chi connectivity index (χ1) is 17.0. The highest BCUT2D eigenvalue weighted by Gasteiger charge is 2.43. The number of halogens is 4. The summed E-state index contributed by atoms with van der Waals surface area (Å²) in [5.74, 6) is -2.00. The van der Waals surface area contributed by atoms with E-state index in [9.17, 15) is 22.8 Å². The Hall–Kier alpha value is -4.05. The molecule has 4 rings (SSSR count). The summed E-state index contributed by atoms with van der Waals surface area (Å²) in [6.07, 6.45) is 0.323. The number of carbonyl (C=O) groups excluding carboxylic acids is 2. The first-order valence-corrected chi connectivity index (χ1v) is 11.2. The Morgan fingerprint density at radius 1 is 1.06 bits per heavy atom. The molecule has 1 heterocycles. The third-order valence-electron chi connectivity index (χ3n) is 5.62. The van der Waals surface area contributed by atoms with Crippen LogP contribution in [0.3, 0.4) is 0 Å². The number of aryl methyl sites for hydroxylation is 1. The minimum atomic E-state index is -4.54. The second-order valence-corrected chi connectivity index (χ2v) is 8.66. The van der Waals surface area contributed by atoms with Gasteiger partial charge >= 0.3 is 12.2 Å². The molecule has 0 saturated carbocycles. The number of nitrogens with one attached hydrogen (secondary N) is 3. The highest BCUT2D eigenvalue weighted by atomic mass is 35.5. The van der Waals surface area contributed by atoms with Crippen molar-refractivity contribution in [3.05, 3.63) is 83.7 Å². The molecule has 7 nitrogen and oxygen atoms in total. The first-order valence-electron chi connectivity index (χ1n) is 10.8. The van der Waals surface area contributed by atoms with E-state index in [-0.39, 0.29) is 11.6 Å². The van der Waals surface area contributed by atoms with Crippen LogP contribution in [0.2, 0.25) is 0 Å². The Kier molecular flexibility index (Phi) is 6.89. The highest BCUT2D eigenvalue weighted by Crippen LogP contribution is 2.36. The molecule has 3 aromatic rings. The average Bonchev–Trinajstić information content (AvgIpc) is 2.81. The van der Waals surface area contributed by atoms with Gasteiger partial charge in [0.15, 0.2) is 0 Å². The Labute approximate surface area is 209 Å². The zero-order chi connectivity index (χ0) is 26.0. The van der Waals surface area contributed by atoms with E-state index >= 15 is 0 Å².